The van der Waals surface area contributed by atoms with Crippen LogP contribution in [0.25, 0.3) is 0 Å². The average molecular weight is 509 g/mol. The van der Waals surface area contributed by atoms with Crippen molar-refractivity contribution >= 4 is 46.5 Å². The van der Waals surface area contributed by atoms with Crippen LogP contribution < -0.4 is 20.7 Å². The molecule has 0 unspecified atom stereocenters. The maximum Gasteiger partial charge on any atom is 0.323 e. The number of nitrogens with one attached hydrogen (secondary N) is 3. The third-order valence-electron chi connectivity index (χ3n) is 5.60. The summed E-state index contributed by atoms with van der Waals surface area (Å²) in [4.78, 5) is 27.5. The maximum atomic E-state index is 13.3. The van der Waals surface area contributed by atoms with Crippen LogP contribution in [0, 0.1) is 5.92 Å². The van der Waals surface area contributed by atoms with Crippen LogP contribution in [0.5, 0.6) is 5.75 Å². The number of benzene rings is 2. The predicted molar refractivity (Wildman–Crippen MR) is 135 cm³/mol. The molecule has 8 nitrogen and oxygen atoms in total. The van der Waals surface area contributed by atoms with Crippen molar-refractivity contribution in [2.45, 2.75) is 26.0 Å². The van der Waals surface area contributed by atoms with Crippen molar-refractivity contribution in [3.8, 4) is 5.75 Å². The second kappa shape index (κ2) is 11.8. The van der Waals surface area contributed by atoms with Gasteiger partial charge >= 0.3 is 6.03 Å². The Morgan fingerprint density at radius 1 is 1.12 bits per heavy atom. The first-order valence-corrected chi connectivity index (χ1v) is 11.7. The van der Waals surface area contributed by atoms with Gasteiger partial charge in [0, 0.05) is 54.7 Å². The fourth-order valence-electron chi connectivity index (χ4n) is 3.66. The summed E-state index contributed by atoms with van der Waals surface area (Å²) in [5, 5.41) is 9.67. The lowest BCUT2D eigenvalue weighted by Gasteiger charge is -2.30. The zero-order chi connectivity index (χ0) is 24.8. The first-order chi connectivity index (χ1) is 16.2. The van der Waals surface area contributed by atoms with Gasteiger partial charge in [-0.05, 0) is 49.2 Å². The van der Waals surface area contributed by atoms with Crippen molar-refractivity contribution in [3.05, 3.63) is 52.0 Å². The molecule has 0 saturated heterocycles. The summed E-state index contributed by atoms with van der Waals surface area (Å²) >= 11 is 12.0. The molecule has 3 rings (SSSR count). The Kier molecular flexibility index (Phi) is 9.02. The van der Waals surface area contributed by atoms with Gasteiger partial charge in [-0.2, -0.15) is 0 Å². The highest BCUT2D eigenvalue weighted by Gasteiger charge is 2.25. The molecular weight excluding hydrogens is 479 g/mol. The van der Waals surface area contributed by atoms with Crippen LogP contribution >= 0.6 is 23.2 Å². The molecule has 3 N–H and O–H groups in total. The summed E-state index contributed by atoms with van der Waals surface area (Å²) < 4.78 is 11.6. The molecule has 3 amide bonds. The number of hydrogen-bond donors (Lipinski definition) is 3. The van der Waals surface area contributed by atoms with E-state index in [1.165, 1.54) is 0 Å². The minimum Gasteiger partial charge on any atom is -0.491 e. The number of methoxy groups -OCH3 is 1. The van der Waals surface area contributed by atoms with E-state index in [0.29, 0.717) is 45.9 Å². The number of fused-ring (bicyclic) bond motifs is 1. The summed E-state index contributed by atoms with van der Waals surface area (Å²) in [5.41, 5.74) is 1.23. The van der Waals surface area contributed by atoms with Crippen LogP contribution in [0.2, 0.25) is 10.0 Å². The highest BCUT2D eigenvalue weighted by Crippen LogP contribution is 2.26. The number of nitrogens with zero attached hydrogens (tertiary/aromatic N) is 1. The molecule has 10 heteroatoms. The van der Waals surface area contributed by atoms with Crippen LogP contribution in [-0.2, 0) is 4.74 Å². The molecule has 2 aromatic carbocycles. The number of carbonyl (C=O) groups is 2. The van der Waals surface area contributed by atoms with Gasteiger partial charge in [0.25, 0.3) is 5.91 Å². The number of likely N-dealkylation sites (N-methyl/N-ethyl adjacent to an activating group) is 1. The van der Waals surface area contributed by atoms with Crippen molar-refractivity contribution < 1.29 is 19.1 Å². The summed E-state index contributed by atoms with van der Waals surface area (Å²) in [6, 6.07) is 9.29. The Bertz CT molecular complexity index is 1020. The molecule has 0 fully saturated rings. The molecule has 0 spiro atoms. The molecule has 0 radical (unpaired) electrons. The minimum absolute atomic E-state index is 0.0770. The lowest BCUT2D eigenvalue weighted by molar-refractivity contribution is 0.0281. The van der Waals surface area contributed by atoms with Gasteiger partial charge in [0.15, 0.2) is 0 Å². The van der Waals surface area contributed by atoms with Crippen molar-refractivity contribution in [2.75, 3.05) is 44.5 Å². The molecule has 184 valence electrons. The monoisotopic (exact) mass is 508 g/mol. The first-order valence-electron chi connectivity index (χ1n) is 11.0. The Labute approximate surface area is 209 Å². The van der Waals surface area contributed by atoms with Gasteiger partial charge in [0.1, 0.15) is 12.4 Å². The number of amides is 3. The molecule has 0 saturated carbocycles. The molecule has 0 aliphatic carbocycles. The van der Waals surface area contributed by atoms with E-state index in [0.717, 1.165) is 6.54 Å². The SMILES string of the molecule is CO[C@@H]1CN(C)C(=O)c2cc(NC(=O)Nc3cc(Cl)cc(Cl)c3)ccc2OC[C@@H](C)NC[C@@H]1C. The lowest BCUT2D eigenvalue weighted by Crippen LogP contribution is -2.44. The van der Waals surface area contributed by atoms with E-state index in [1.54, 1.807) is 55.5 Å². The van der Waals surface area contributed by atoms with Crippen LogP contribution in [-0.4, -0.2) is 62.8 Å². The predicted octanol–water partition coefficient (Wildman–Crippen LogP) is 4.73. The number of ether oxygens (including phenoxy) is 2. The third-order valence-corrected chi connectivity index (χ3v) is 6.04. The van der Waals surface area contributed by atoms with Gasteiger partial charge in [0.05, 0.1) is 11.7 Å². The Morgan fingerprint density at radius 2 is 1.79 bits per heavy atom. The number of halogens is 2. The molecule has 34 heavy (non-hydrogen) atoms. The molecule has 0 bridgehead atoms. The van der Waals surface area contributed by atoms with Crippen molar-refractivity contribution in [1.82, 2.24) is 10.2 Å². The molecule has 1 heterocycles. The van der Waals surface area contributed by atoms with Gasteiger partial charge < -0.3 is 30.3 Å². The van der Waals surface area contributed by atoms with E-state index in [-0.39, 0.29) is 24.0 Å². The zero-order valence-corrected chi connectivity index (χ0v) is 21.2. The first kappa shape index (κ1) is 26.1. The van der Waals surface area contributed by atoms with E-state index >= 15 is 0 Å². The van der Waals surface area contributed by atoms with Gasteiger partial charge in [-0.3, -0.25) is 4.79 Å². The molecule has 1 aliphatic rings. The smallest absolute Gasteiger partial charge is 0.323 e. The number of urea groups is 1. The van der Waals surface area contributed by atoms with E-state index in [9.17, 15) is 9.59 Å². The van der Waals surface area contributed by atoms with Gasteiger partial charge in [-0.1, -0.05) is 30.1 Å². The highest BCUT2D eigenvalue weighted by molar-refractivity contribution is 6.35. The number of carbonyl (C=O) groups excluding carboxylic acids is 2. The largest absolute Gasteiger partial charge is 0.491 e. The van der Waals surface area contributed by atoms with Crippen molar-refractivity contribution in [2.24, 2.45) is 5.92 Å². The van der Waals surface area contributed by atoms with Gasteiger partial charge in [-0.15, -0.1) is 0 Å². The second-order valence-corrected chi connectivity index (χ2v) is 9.38. The summed E-state index contributed by atoms with van der Waals surface area (Å²) in [7, 11) is 3.38. The number of hydrogen-bond acceptors (Lipinski definition) is 5. The fraction of sp³-hybridized carbons (Fsp3) is 0.417. The number of anilines is 2. The van der Waals surface area contributed by atoms with Crippen LogP contribution in [0.3, 0.4) is 0 Å². The van der Waals surface area contributed by atoms with E-state index in [4.69, 9.17) is 32.7 Å². The Hall–Kier alpha value is -2.52. The van der Waals surface area contributed by atoms with Crippen LogP contribution in [0.4, 0.5) is 16.2 Å². The minimum atomic E-state index is -0.501. The topological polar surface area (TPSA) is 91.9 Å². The molecule has 3 atom stereocenters. The third kappa shape index (κ3) is 6.99. The quantitative estimate of drug-likeness (QED) is 0.557. The second-order valence-electron chi connectivity index (χ2n) is 8.51. The summed E-state index contributed by atoms with van der Waals surface area (Å²) in [6.45, 7) is 5.65. The average Bonchev–Trinajstić information content (AvgIpc) is 2.77. The molecule has 0 aromatic heterocycles. The number of rotatable bonds is 3. The van der Waals surface area contributed by atoms with E-state index < -0.39 is 6.03 Å². The summed E-state index contributed by atoms with van der Waals surface area (Å²) in [6.07, 6.45) is -0.131. The lowest BCUT2D eigenvalue weighted by atomic mass is 10.0. The molecule has 2 aromatic rings. The standard InChI is InChI=1S/C24H30Cl2N4O4/c1-14-11-27-15(2)13-34-21-6-5-18(10-20(21)23(31)30(3)12-22(14)33-4)28-24(32)29-19-8-16(25)7-17(26)9-19/h5-10,14-15,22,27H,11-13H2,1-4H3,(H2,28,29,32)/t14-,15+,22+/m0/s1. The zero-order valence-electron chi connectivity index (χ0n) is 19.7. The van der Waals surface area contributed by atoms with Gasteiger partial charge in [-0.25, -0.2) is 4.79 Å². The van der Waals surface area contributed by atoms with Crippen LogP contribution in [0.1, 0.15) is 24.2 Å². The Balaban J connectivity index is 1.83. The summed E-state index contributed by atoms with van der Waals surface area (Å²) in [5.74, 6) is 0.412. The van der Waals surface area contributed by atoms with E-state index in [2.05, 4.69) is 22.9 Å². The fourth-order valence-corrected chi connectivity index (χ4v) is 4.18. The molecule has 1 aliphatic heterocycles. The van der Waals surface area contributed by atoms with E-state index in [1.807, 2.05) is 6.92 Å². The van der Waals surface area contributed by atoms with Crippen LogP contribution in [0.15, 0.2) is 36.4 Å². The van der Waals surface area contributed by atoms with Crippen molar-refractivity contribution in [3.63, 3.8) is 0 Å². The maximum absolute atomic E-state index is 13.3. The molecular formula is C24H30Cl2N4O4. The normalized spacial score (nSPS) is 21.5. The van der Waals surface area contributed by atoms with Crippen molar-refractivity contribution in [1.29, 1.82) is 0 Å². The highest BCUT2D eigenvalue weighted by atomic mass is 35.5. The van der Waals surface area contributed by atoms with Gasteiger partial charge in [0.2, 0.25) is 0 Å². The Morgan fingerprint density at radius 3 is 2.47 bits per heavy atom.